The molecule has 1 aromatic rings. The van der Waals surface area contributed by atoms with E-state index in [-0.39, 0.29) is 0 Å². The van der Waals surface area contributed by atoms with Crippen LogP contribution in [0.5, 0.6) is 0 Å². The summed E-state index contributed by atoms with van der Waals surface area (Å²) < 4.78 is 30.2. The smallest absolute Gasteiger partial charge is 0.404 e. The van der Waals surface area contributed by atoms with Crippen molar-refractivity contribution >= 4 is 5.88 Å². The zero-order chi connectivity index (χ0) is 11.6. The zero-order valence-electron chi connectivity index (χ0n) is 7.39. The Morgan fingerprint density at radius 2 is 2.27 bits per heavy atom. The number of halogens is 2. The lowest BCUT2D eigenvalue weighted by Crippen LogP contribution is -2.35. The normalized spacial score (nSPS) is 13.9. The molecule has 0 aliphatic carbocycles. The van der Waals surface area contributed by atoms with Gasteiger partial charge >= 0.3 is 5.88 Å². The van der Waals surface area contributed by atoms with Crippen LogP contribution in [0.15, 0.2) is 16.5 Å². The highest BCUT2D eigenvalue weighted by atomic mass is 19.3. The quantitative estimate of drug-likeness (QED) is 0.579. The first-order valence-electron chi connectivity index (χ1n) is 3.87. The van der Waals surface area contributed by atoms with Crippen molar-refractivity contribution in [2.24, 2.45) is 5.73 Å². The van der Waals surface area contributed by atoms with Crippen molar-refractivity contribution in [3.05, 3.63) is 28.0 Å². The van der Waals surface area contributed by atoms with Gasteiger partial charge in [0.1, 0.15) is 23.3 Å². The molecule has 1 aromatic heterocycles. The highest BCUT2D eigenvalue weighted by Crippen LogP contribution is 2.31. The monoisotopic (exact) mass is 222 g/mol. The maximum atomic E-state index is 12.8. The fourth-order valence-electron chi connectivity index (χ4n) is 0.914. The molecule has 0 aliphatic heterocycles. The van der Waals surface area contributed by atoms with Crippen LogP contribution < -0.4 is 5.73 Å². The number of alkyl halides is 2. The van der Waals surface area contributed by atoms with Crippen molar-refractivity contribution in [1.82, 2.24) is 0 Å². The van der Waals surface area contributed by atoms with Gasteiger partial charge in [-0.15, -0.1) is 0 Å². The molecular weight excluding hydrogens is 214 g/mol. The standard InChI is InChI=1S/C7H8F2N2O4/c8-7(9,3-12)6(10)4-1-2-5(15-4)11(13)14/h1-2,6,12H,3,10H2/t6-/m1/s1. The Kier molecular flexibility index (Phi) is 3.01. The predicted molar refractivity (Wildman–Crippen MR) is 44.3 cm³/mol. The van der Waals surface area contributed by atoms with Crippen LogP contribution >= 0.6 is 0 Å². The molecule has 0 aromatic carbocycles. The van der Waals surface area contributed by atoms with Gasteiger partial charge in [-0.2, -0.15) is 0 Å². The number of aliphatic hydroxyl groups is 1. The van der Waals surface area contributed by atoms with Gasteiger partial charge in [-0.25, -0.2) is 8.78 Å². The molecule has 0 bridgehead atoms. The Morgan fingerprint density at radius 3 is 2.67 bits per heavy atom. The summed E-state index contributed by atoms with van der Waals surface area (Å²) in [6.45, 7) is -1.46. The maximum absolute atomic E-state index is 12.8. The van der Waals surface area contributed by atoms with Crippen molar-refractivity contribution in [2.75, 3.05) is 6.61 Å². The lowest BCUT2D eigenvalue weighted by atomic mass is 10.1. The molecule has 0 amide bonds. The summed E-state index contributed by atoms with van der Waals surface area (Å²) in [5.74, 6) is -4.69. The molecule has 0 radical (unpaired) electrons. The highest BCUT2D eigenvalue weighted by molar-refractivity contribution is 5.20. The SMILES string of the molecule is N[C@H](c1ccc([N+](=O)[O-])o1)C(F)(F)CO. The minimum atomic E-state index is -3.58. The summed E-state index contributed by atoms with van der Waals surface area (Å²) in [5, 5.41) is 18.5. The van der Waals surface area contributed by atoms with Gasteiger partial charge in [0.25, 0.3) is 5.92 Å². The third-order valence-electron chi connectivity index (χ3n) is 1.76. The Hall–Kier alpha value is -1.54. The van der Waals surface area contributed by atoms with Gasteiger partial charge in [0.2, 0.25) is 0 Å². The number of nitrogens with zero attached hydrogens (tertiary/aromatic N) is 1. The van der Waals surface area contributed by atoms with E-state index in [1.54, 1.807) is 0 Å². The molecule has 15 heavy (non-hydrogen) atoms. The topological polar surface area (TPSA) is 103 Å². The van der Waals surface area contributed by atoms with Gasteiger partial charge in [-0.05, 0) is 6.07 Å². The molecule has 0 saturated carbocycles. The van der Waals surface area contributed by atoms with Crippen LogP contribution in [-0.4, -0.2) is 22.6 Å². The Labute approximate surface area is 82.4 Å². The van der Waals surface area contributed by atoms with Crippen LogP contribution in [0, 0.1) is 10.1 Å². The van der Waals surface area contributed by atoms with Gasteiger partial charge in [0.15, 0.2) is 0 Å². The second-order valence-electron chi connectivity index (χ2n) is 2.83. The number of nitro groups is 1. The molecule has 0 unspecified atom stereocenters. The Bertz CT molecular complexity index is 366. The average molecular weight is 222 g/mol. The predicted octanol–water partition coefficient (Wildman–Crippen LogP) is 0.815. The number of aliphatic hydroxyl groups excluding tert-OH is 1. The van der Waals surface area contributed by atoms with Crippen molar-refractivity contribution in [2.45, 2.75) is 12.0 Å². The first-order chi connectivity index (χ1) is 6.88. The number of nitrogens with two attached hydrogens (primary N) is 1. The fourth-order valence-corrected chi connectivity index (χ4v) is 0.914. The summed E-state index contributed by atoms with van der Waals surface area (Å²) in [7, 11) is 0. The van der Waals surface area contributed by atoms with Crippen LogP contribution in [0.1, 0.15) is 11.8 Å². The Balaban J connectivity index is 2.92. The number of hydrogen-bond acceptors (Lipinski definition) is 5. The van der Waals surface area contributed by atoms with Crippen LogP contribution in [-0.2, 0) is 0 Å². The lowest BCUT2D eigenvalue weighted by Gasteiger charge is -2.18. The number of hydrogen-bond donors (Lipinski definition) is 2. The van der Waals surface area contributed by atoms with Crippen LogP contribution in [0.2, 0.25) is 0 Å². The van der Waals surface area contributed by atoms with E-state index in [2.05, 4.69) is 4.42 Å². The molecule has 3 N–H and O–H groups in total. The summed E-state index contributed by atoms with van der Waals surface area (Å²) in [6.07, 6.45) is 0. The number of rotatable bonds is 4. The van der Waals surface area contributed by atoms with E-state index in [0.29, 0.717) is 0 Å². The van der Waals surface area contributed by atoms with E-state index in [0.717, 1.165) is 12.1 Å². The fraction of sp³-hybridized carbons (Fsp3) is 0.429. The minimum Gasteiger partial charge on any atom is -0.404 e. The van der Waals surface area contributed by atoms with Gasteiger partial charge in [-0.3, -0.25) is 10.1 Å². The highest BCUT2D eigenvalue weighted by Gasteiger charge is 2.40. The molecule has 1 heterocycles. The molecule has 0 fully saturated rings. The van der Waals surface area contributed by atoms with Gasteiger partial charge in [-0.1, -0.05) is 0 Å². The van der Waals surface area contributed by atoms with E-state index in [1.165, 1.54) is 0 Å². The average Bonchev–Trinajstić information content (AvgIpc) is 2.65. The molecule has 0 aliphatic rings. The minimum absolute atomic E-state index is 0.444. The Morgan fingerprint density at radius 1 is 1.67 bits per heavy atom. The first-order valence-corrected chi connectivity index (χ1v) is 3.87. The zero-order valence-corrected chi connectivity index (χ0v) is 7.39. The molecule has 8 heteroatoms. The molecule has 0 spiro atoms. The third kappa shape index (κ3) is 2.28. The second kappa shape index (κ2) is 3.91. The van der Waals surface area contributed by atoms with Crippen molar-refractivity contribution in [3.8, 4) is 0 Å². The van der Waals surface area contributed by atoms with Crippen LogP contribution in [0.25, 0.3) is 0 Å². The number of furan rings is 1. The lowest BCUT2D eigenvalue weighted by molar-refractivity contribution is -0.402. The second-order valence-corrected chi connectivity index (χ2v) is 2.83. The van der Waals surface area contributed by atoms with E-state index in [1.807, 2.05) is 0 Å². The largest absolute Gasteiger partial charge is 0.433 e. The van der Waals surface area contributed by atoms with Gasteiger partial charge < -0.3 is 15.3 Å². The van der Waals surface area contributed by atoms with E-state index < -0.39 is 35.1 Å². The molecular formula is C7H8F2N2O4. The maximum Gasteiger partial charge on any atom is 0.433 e. The third-order valence-corrected chi connectivity index (χ3v) is 1.76. The van der Waals surface area contributed by atoms with Gasteiger partial charge in [0.05, 0.1) is 6.07 Å². The van der Waals surface area contributed by atoms with E-state index in [9.17, 15) is 18.9 Å². The van der Waals surface area contributed by atoms with Crippen molar-refractivity contribution in [1.29, 1.82) is 0 Å². The summed E-state index contributed by atoms with van der Waals surface area (Å²) in [5.41, 5.74) is 5.07. The van der Waals surface area contributed by atoms with Crippen molar-refractivity contribution in [3.63, 3.8) is 0 Å². The van der Waals surface area contributed by atoms with Crippen LogP contribution in [0.3, 0.4) is 0 Å². The van der Waals surface area contributed by atoms with E-state index in [4.69, 9.17) is 10.8 Å². The van der Waals surface area contributed by atoms with Crippen LogP contribution in [0.4, 0.5) is 14.7 Å². The summed E-state index contributed by atoms with van der Waals surface area (Å²) in [4.78, 5) is 9.32. The molecule has 84 valence electrons. The van der Waals surface area contributed by atoms with E-state index >= 15 is 0 Å². The molecule has 1 atom stereocenters. The van der Waals surface area contributed by atoms with Crippen molar-refractivity contribution < 1.29 is 23.2 Å². The van der Waals surface area contributed by atoms with Gasteiger partial charge in [0, 0.05) is 0 Å². The first kappa shape index (κ1) is 11.5. The summed E-state index contributed by atoms with van der Waals surface area (Å²) >= 11 is 0. The molecule has 6 nitrogen and oxygen atoms in total. The summed E-state index contributed by atoms with van der Waals surface area (Å²) in [6, 6.07) is -0.00846. The molecule has 0 saturated heterocycles. The molecule has 1 rings (SSSR count).